The fraction of sp³-hybridized carbons (Fsp3) is 0.900. The first-order chi connectivity index (χ1) is 7.32. The van der Waals surface area contributed by atoms with Gasteiger partial charge in [-0.2, -0.15) is 0 Å². The van der Waals surface area contributed by atoms with Crippen molar-refractivity contribution in [2.45, 2.75) is 39.2 Å². The normalized spacial score (nSPS) is 31.2. The van der Waals surface area contributed by atoms with Gasteiger partial charge in [0.15, 0.2) is 0 Å². The van der Waals surface area contributed by atoms with Crippen molar-refractivity contribution in [1.29, 1.82) is 0 Å². The van der Waals surface area contributed by atoms with E-state index in [1.165, 1.54) is 6.42 Å². The van der Waals surface area contributed by atoms with Crippen molar-refractivity contribution in [3.63, 3.8) is 0 Å². The summed E-state index contributed by atoms with van der Waals surface area (Å²) in [6.07, 6.45) is 3.16. The maximum atomic E-state index is 11.7. The molecule has 0 radical (unpaired) electrons. The molecular weight excluding hydrogens is 244 g/mol. The van der Waals surface area contributed by atoms with Crippen molar-refractivity contribution in [2.24, 2.45) is 17.6 Å². The summed E-state index contributed by atoms with van der Waals surface area (Å²) in [5.74, 6) is 0.682. The Morgan fingerprint density at radius 3 is 2.62 bits per heavy atom. The Morgan fingerprint density at radius 1 is 1.44 bits per heavy atom. The lowest BCUT2D eigenvalue weighted by Gasteiger charge is -2.34. The highest BCUT2D eigenvalue weighted by atomic mass is 32.2. The first-order valence-corrected chi connectivity index (χ1v) is 7.66. The van der Waals surface area contributed by atoms with Gasteiger partial charge >= 0.3 is 0 Å². The molecule has 3 unspecified atom stereocenters. The summed E-state index contributed by atoms with van der Waals surface area (Å²) < 4.78 is 26.1. The molecule has 0 aromatic rings. The van der Waals surface area contributed by atoms with Crippen molar-refractivity contribution in [3.05, 3.63) is 0 Å². The van der Waals surface area contributed by atoms with Crippen LogP contribution in [0.4, 0.5) is 0 Å². The minimum atomic E-state index is -3.35. The summed E-state index contributed by atoms with van der Waals surface area (Å²) >= 11 is 4.62. The Morgan fingerprint density at radius 2 is 2.06 bits per heavy atom. The molecule has 0 bridgehead atoms. The van der Waals surface area contributed by atoms with Gasteiger partial charge in [-0.05, 0) is 18.3 Å². The third-order valence-electron chi connectivity index (χ3n) is 3.37. The zero-order valence-corrected chi connectivity index (χ0v) is 11.4. The van der Waals surface area contributed by atoms with Gasteiger partial charge in [0.25, 0.3) is 0 Å². The average Bonchev–Trinajstić information content (AvgIpc) is 2.10. The van der Waals surface area contributed by atoms with Crippen LogP contribution >= 0.6 is 12.2 Å². The first kappa shape index (κ1) is 13.9. The van der Waals surface area contributed by atoms with E-state index in [0.29, 0.717) is 11.8 Å². The maximum Gasteiger partial charge on any atom is 0.218 e. The standard InChI is InChI=1S/C10H20N2O2S2/c1-7-4-3-5-9(8(7)2)12-16(13,14)6-10(11)15/h7-9,12H,3-6H2,1-2H3,(H2,11,15). The quantitative estimate of drug-likeness (QED) is 0.744. The Labute approximate surface area is 103 Å². The van der Waals surface area contributed by atoms with E-state index in [-0.39, 0.29) is 16.8 Å². The number of nitrogens with one attached hydrogen (secondary N) is 1. The zero-order chi connectivity index (χ0) is 12.3. The molecule has 0 saturated heterocycles. The van der Waals surface area contributed by atoms with Crippen molar-refractivity contribution in [2.75, 3.05) is 5.75 Å². The smallest absolute Gasteiger partial charge is 0.218 e. The van der Waals surface area contributed by atoms with E-state index in [2.05, 4.69) is 30.8 Å². The van der Waals surface area contributed by atoms with Crippen LogP contribution in [0.5, 0.6) is 0 Å². The van der Waals surface area contributed by atoms with Crippen LogP contribution in [0.3, 0.4) is 0 Å². The van der Waals surface area contributed by atoms with Gasteiger partial charge in [0.1, 0.15) is 5.75 Å². The molecule has 16 heavy (non-hydrogen) atoms. The number of hydrogen-bond donors (Lipinski definition) is 2. The summed E-state index contributed by atoms with van der Waals surface area (Å²) in [5.41, 5.74) is 5.26. The van der Waals surface area contributed by atoms with Gasteiger partial charge in [-0.25, -0.2) is 13.1 Å². The largest absolute Gasteiger partial charge is 0.392 e. The third kappa shape index (κ3) is 3.99. The second kappa shape index (κ2) is 5.42. The molecule has 0 heterocycles. The van der Waals surface area contributed by atoms with Gasteiger partial charge in [0.2, 0.25) is 10.0 Å². The van der Waals surface area contributed by atoms with E-state index in [4.69, 9.17) is 5.73 Å². The van der Waals surface area contributed by atoms with Gasteiger partial charge in [-0.15, -0.1) is 0 Å². The van der Waals surface area contributed by atoms with E-state index in [1.807, 2.05) is 0 Å². The highest BCUT2D eigenvalue weighted by Gasteiger charge is 2.30. The Bertz CT molecular complexity index is 354. The molecule has 1 aliphatic carbocycles. The zero-order valence-electron chi connectivity index (χ0n) is 9.77. The van der Waals surface area contributed by atoms with Crippen LogP contribution in [0.25, 0.3) is 0 Å². The van der Waals surface area contributed by atoms with E-state index in [9.17, 15) is 8.42 Å². The molecule has 0 spiro atoms. The van der Waals surface area contributed by atoms with E-state index < -0.39 is 10.0 Å². The van der Waals surface area contributed by atoms with Gasteiger partial charge in [0.05, 0.1) is 4.99 Å². The molecule has 1 rings (SSSR count). The van der Waals surface area contributed by atoms with Crippen LogP contribution in [-0.4, -0.2) is 25.2 Å². The maximum absolute atomic E-state index is 11.7. The molecule has 6 heteroatoms. The van der Waals surface area contributed by atoms with Gasteiger partial charge in [-0.3, -0.25) is 0 Å². The molecule has 1 fully saturated rings. The molecule has 3 atom stereocenters. The van der Waals surface area contributed by atoms with Crippen LogP contribution < -0.4 is 10.5 Å². The SMILES string of the molecule is CC1CCCC(NS(=O)(=O)CC(N)=S)C1C. The van der Waals surface area contributed by atoms with Crippen molar-refractivity contribution in [1.82, 2.24) is 4.72 Å². The van der Waals surface area contributed by atoms with Crippen molar-refractivity contribution in [3.8, 4) is 0 Å². The van der Waals surface area contributed by atoms with Crippen LogP contribution in [0, 0.1) is 11.8 Å². The van der Waals surface area contributed by atoms with Crippen LogP contribution in [-0.2, 0) is 10.0 Å². The van der Waals surface area contributed by atoms with Gasteiger partial charge < -0.3 is 5.73 Å². The third-order valence-corrected chi connectivity index (χ3v) is 5.05. The molecule has 1 aliphatic rings. The molecule has 0 aromatic carbocycles. The topological polar surface area (TPSA) is 72.2 Å². The molecular formula is C10H20N2O2S2. The van der Waals surface area contributed by atoms with Crippen molar-refractivity contribution >= 4 is 27.2 Å². The van der Waals surface area contributed by atoms with Crippen LogP contribution in [0.1, 0.15) is 33.1 Å². The summed E-state index contributed by atoms with van der Waals surface area (Å²) in [6.45, 7) is 4.26. The molecule has 0 aliphatic heterocycles. The second-order valence-electron chi connectivity index (χ2n) is 4.72. The first-order valence-electron chi connectivity index (χ1n) is 5.60. The second-order valence-corrected chi connectivity index (χ2v) is 7.00. The Kier molecular flexibility index (Phi) is 4.70. The molecule has 3 N–H and O–H groups in total. The van der Waals surface area contributed by atoms with E-state index in [0.717, 1.165) is 12.8 Å². The summed E-state index contributed by atoms with van der Waals surface area (Å²) in [7, 11) is -3.35. The van der Waals surface area contributed by atoms with Gasteiger partial charge in [-0.1, -0.05) is 38.9 Å². The summed E-state index contributed by atoms with van der Waals surface area (Å²) in [4.78, 5) is 0.0176. The molecule has 94 valence electrons. The highest BCUT2D eigenvalue weighted by molar-refractivity contribution is 7.92. The van der Waals surface area contributed by atoms with E-state index >= 15 is 0 Å². The molecule has 0 amide bonds. The van der Waals surface area contributed by atoms with Gasteiger partial charge in [0, 0.05) is 6.04 Å². The lowest BCUT2D eigenvalue weighted by molar-refractivity contribution is 0.227. The number of sulfonamides is 1. The average molecular weight is 264 g/mol. The van der Waals surface area contributed by atoms with Crippen LogP contribution in [0.2, 0.25) is 0 Å². The molecule has 1 saturated carbocycles. The molecule has 4 nitrogen and oxygen atoms in total. The van der Waals surface area contributed by atoms with E-state index in [1.54, 1.807) is 0 Å². The lowest BCUT2D eigenvalue weighted by Crippen LogP contribution is -2.45. The Balaban J connectivity index is 2.62. The minimum Gasteiger partial charge on any atom is -0.392 e. The predicted molar refractivity (Wildman–Crippen MR) is 69.7 cm³/mol. The fourth-order valence-corrected chi connectivity index (χ4v) is 3.93. The molecule has 0 aromatic heterocycles. The number of rotatable bonds is 4. The van der Waals surface area contributed by atoms with Crippen molar-refractivity contribution < 1.29 is 8.42 Å². The minimum absolute atomic E-state index is 0.0176. The number of thiocarbonyl (C=S) groups is 1. The highest BCUT2D eigenvalue weighted by Crippen LogP contribution is 2.29. The Hall–Kier alpha value is -0.200. The monoisotopic (exact) mass is 264 g/mol. The fourth-order valence-electron chi connectivity index (χ4n) is 2.21. The van der Waals surface area contributed by atoms with Crippen LogP contribution in [0.15, 0.2) is 0 Å². The number of hydrogen-bond acceptors (Lipinski definition) is 3. The summed E-state index contributed by atoms with van der Waals surface area (Å²) in [6, 6.07) is 0.0306. The summed E-state index contributed by atoms with van der Waals surface area (Å²) in [5, 5.41) is 0. The number of nitrogens with two attached hydrogens (primary N) is 1. The predicted octanol–water partition coefficient (Wildman–Crippen LogP) is 1.02. The lowest BCUT2D eigenvalue weighted by atomic mass is 9.78.